The van der Waals surface area contributed by atoms with E-state index in [-0.39, 0.29) is 13.1 Å². The average molecular weight is 186 g/mol. The summed E-state index contributed by atoms with van der Waals surface area (Å²) in [5, 5.41) is 0. The van der Waals surface area contributed by atoms with Gasteiger partial charge in [-0.1, -0.05) is 6.08 Å². The van der Waals surface area contributed by atoms with Gasteiger partial charge in [-0.3, -0.25) is 4.79 Å². The lowest BCUT2D eigenvalue weighted by Gasteiger charge is -2.03. The smallest absolute Gasteiger partial charge is 0.194 e. The van der Waals surface area contributed by atoms with Crippen LogP contribution in [-0.2, 0) is 19.3 Å². The first-order valence-electron chi connectivity index (χ1n) is 4.43. The predicted molar refractivity (Wildman–Crippen MR) is 45.6 cm³/mol. The molecule has 0 aromatic carbocycles. The molecule has 0 bridgehead atoms. The first kappa shape index (κ1) is 10.4. The van der Waals surface area contributed by atoms with Crippen molar-refractivity contribution in [2.75, 3.05) is 6.79 Å². The fourth-order valence-corrected chi connectivity index (χ4v) is 1.09. The summed E-state index contributed by atoms with van der Waals surface area (Å²) in [7, 11) is 0. The predicted octanol–water partition coefficient (Wildman–Crippen LogP) is 1.56. The summed E-state index contributed by atoms with van der Waals surface area (Å²) in [4.78, 5) is 19.3. The van der Waals surface area contributed by atoms with E-state index in [1.54, 1.807) is 0 Å². The summed E-state index contributed by atoms with van der Waals surface area (Å²) >= 11 is 0. The molecule has 1 unspecified atom stereocenters. The molecule has 4 nitrogen and oxygen atoms in total. The minimum Gasteiger partial charge on any atom is -0.320 e. The first-order chi connectivity index (χ1) is 6.43. The van der Waals surface area contributed by atoms with Gasteiger partial charge in [0.1, 0.15) is 6.29 Å². The second-order valence-corrected chi connectivity index (χ2v) is 2.78. The van der Waals surface area contributed by atoms with Gasteiger partial charge < -0.3 is 4.74 Å². The van der Waals surface area contributed by atoms with Crippen LogP contribution in [0.15, 0.2) is 12.2 Å². The Kier molecular flexibility index (Phi) is 5.40. The molecule has 1 fully saturated rings. The number of hydrogen-bond donors (Lipinski definition) is 0. The van der Waals surface area contributed by atoms with Crippen LogP contribution in [0.4, 0.5) is 0 Å². The molecule has 0 N–H and O–H groups in total. The van der Waals surface area contributed by atoms with E-state index in [0.717, 1.165) is 32.0 Å². The molecule has 1 heterocycles. The Hall–Kier alpha value is -0.710. The minimum atomic E-state index is -0.199. The summed E-state index contributed by atoms with van der Waals surface area (Å²) in [5.41, 5.74) is 0. The third-order valence-electron chi connectivity index (χ3n) is 1.75. The van der Waals surface area contributed by atoms with Crippen LogP contribution in [0.25, 0.3) is 0 Å². The molecule has 0 aromatic heterocycles. The van der Waals surface area contributed by atoms with Crippen molar-refractivity contribution < 1.29 is 19.3 Å². The molecule has 74 valence electrons. The molecule has 1 saturated heterocycles. The third kappa shape index (κ3) is 4.77. The molecular weight excluding hydrogens is 172 g/mol. The van der Waals surface area contributed by atoms with Crippen LogP contribution < -0.4 is 0 Å². The van der Waals surface area contributed by atoms with E-state index < -0.39 is 0 Å². The highest BCUT2D eigenvalue weighted by molar-refractivity contribution is 5.64. The topological polar surface area (TPSA) is 44.8 Å². The van der Waals surface area contributed by atoms with Crippen LogP contribution in [0.1, 0.15) is 25.7 Å². The van der Waals surface area contributed by atoms with E-state index in [1.807, 2.05) is 6.08 Å². The number of allylic oxidation sites excluding steroid dienone is 2. The Morgan fingerprint density at radius 3 is 3.00 bits per heavy atom. The minimum absolute atomic E-state index is 0.199. The number of unbranched alkanes of at least 4 members (excludes halogenated alkanes) is 2. The van der Waals surface area contributed by atoms with Crippen LogP contribution in [-0.4, -0.2) is 19.4 Å². The molecule has 0 aliphatic carbocycles. The summed E-state index contributed by atoms with van der Waals surface area (Å²) in [6.45, 7) is 0.232. The molecule has 0 spiro atoms. The highest BCUT2D eigenvalue weighted by Crippen LogP contribution is 2.13. The highest BCUT2D eigenvalue weighted by Gasteiger charge is 2.16. The Balaban J connectivity index is 1.88. The largest absolute Gasteiger partial charge is 0.320 e. The van der Waals surface area contributed by atoms with Crippen molar-refractivity contribution in [1.29, 1.82) is 0 Å². The highest BCUT2D eigenvalue weighted by atomic mass is 17.3. The maximum Gasteiger partial charge on any atom is 0.194 e. The molecule has 0 radical (unpaired) electrons. The van der Waals surface area contributed by atoms with E-state index >= 15 is 0 Å². The summed E-state index contributed by atoms with van der Waals surface area (Å²) < 4.78 is 5.06. The summed E-state index contributed by atoms with van der Waals surface area (Å²) in [6.07, 6.45) is 7.78. The number of hydrogen-bond acceptors (Lipinski definition) is 4. The maximum absolute atomic E-state index is 9.90. The lowest BCUT2D eigenvalue weighted by Crippen LogP contribution is -2.06. The molecule has 0 aromatic rings. The van der Waals surface area contributed by atoms with Crippen LogP contribution in [0.3, 0.4) is 0 Å². The van der Waals surface area contributed by atoms with E-state index in [0.29, 0.717) is 0 Å². The van der Waals surface area contributed by atoms with E-state index in [9.17, 15) is 4.79 Å². The van der Waals surface area contributed by atoms with Gasteiger partial charge in [0.2, 0.25) is 0 Å². The Morgan fingerprint density at radius 2 is 2.31 bits per heavy atom. The van der Waals surface area contributed by atoms with Crippen LogP contribution >= 0.6 is 0 Å². The number of ether oxygens (including phenoxy) is 1. The molecule has 4 heteroatoms. The molecule has 1 rings (SSSR count). The van der Waals surface area contributed by atoms with Crippen LogP contribution in [0.5, 0.6) is 0 Å². The zero-order valence-electron chi connectivity index (χ0n) is 7.48. The molecule has 1 atom stereocenters. The van der Waals surface area contributed by atoms with Crippen molar-refractivity contribution in [2.24, 2.45) is 0 Å². The SMILES string of the molecule is O=C/C=C/CCCCC1OCOO1. The normalized spacial score (nSPS) is 22.6. The van der Waals surface area contributed by atoms with Crippen molar-refractivity contribution in [3.63, 3.8) is 0 Å². The Labute approximate surface area is 77.4 Å². The maximum atomic E-state index is 9.90. The quantitative estimate of drug-likeness (QED) is 0.273. The van der Waals surface area contributed by atoms with Crippen molar-refractivity contribution in [3.8, 4) is 0 Å². The molecule has 0 saturated carbocycles. The monoisotopic (exact) mass is 186 g/mol. The van der Waals surface area contributed by atoms with Gasteiger partial charge in [0.05, 0.1) is 0 Å². The fourth-order valence-electron chi connectivity index (χ4n) is 1.09. The van der Waals surface area contributed by atoms with Crippen molar-refractivity contribution in [1.82, 2.24) is 0 Å². The second-order valence-electron chi connectivity index (χ2n) is 2.78. The van der Waals surface area contributed by atoms with Crippen molar-refractivity contribution >= 4 is 6.29 Å². The van der Waals surface area contributed by atoms with Gasteiger partial charge >= 0.3 is 0 Å². The molecular formula is C9H14O4. The van der Waals surface area contributed by atoms with Gasteiger partial charge in [0.15, 0.2) is 13.1 Å². The third-order valence-corrected chi connectivity index (χ3v) is 1.75. The van der Waals surface area contributed by atoms with Crippen molar-refractivity contribution in [2.45, 2.75) is 32.0 Å². The van der Waals surface area contributed by atoms with Gasteiger partial charge in [-0.15, -0.1) is 0 Å². The van der Waals surface area contributed by atoms with Crippen LogP contribution in [0.2, 0.25) is 0 Å². The van der Waals surface area contributed by atoms with Gasteiger partial charge in [-0.05, 0) is 25.3 Å². The molecule has 0 amide bonds. The number of aldehydes is 1. The lowest BCUT2D eigenvalue weighted by molar-refractivity contribution is -0.278. The van der Waals surface area contributed by atoms with Crippen LogP contribution in [0, 0.1) is 0 Å². The Bertz CT molecular complexity index is 161. The standard InChI is InChI=1S/C9H14O4/c10-7-5-3-1-2-4-6-9-11-8-12-13-9/h3,5,7,9H,1-2,4,6,8H2/b5-3+. The van der Waals surface area contributed by atoms with E-state index in [1.165, 1.54) is 6.08 Å². The molecule has 1 aliphatic heterocycles. The van der Waals surface area contributed by atoms with E-state index in [4.69, 9.17) is 9.62 Å². The fraction of sp³-hybridized carbons (Fsp3) is 0.667. The van der Waals surface area contributed by atoms with Gasteiger partial charge in [-0.2, -0.15) is 0 Å². The lowest BCUT2D eigenvalue weighted by atomic mass is 10.2. The zero-order chi connectivity index (χ0) is 9.36. The molecule has 13 heavy (non-hydrogen) atoms. The van der Waals surface area contributed by atoms with Crippen molar-refractivity contribution in [3.05, 3.63) is 12.2 Å². The number of rotatable bonds is 6. The zero-order valence-corrected chi connectivity index (χ0v) is 7.48. The summed E-state index contributed by atoms with van der Waals surface area (Å²) in [5.74, 6) is 0. The van der Waals surface area contributed by atoms with Gasteiger partial charge in [0, 0.05) is 6.42 Å². The number of carbonyl (C=O) groups is 1. The second kappa shape index (κ2) is 6.77. The Morgan fingerprint density at radius 1 is 1.38 bits per heavy atom. The van der Waals surface area contributed by atoms with E-state index in [2.05, 4.69) is 4.89 Å². The first-order valence-corrected chi connectivity index (χ1v) is 4.43. The van der Waals surface area contributed by atoms with Gasteiger partial charge in [-0.25, -0.2) is 9.78 Å². The average Bonchev–Trinajstić information content (AvgIpc) is 2.63. The molecule has 1 aliphatic rings. The van der Waals surface area contributed by atoms with Gasteiger partial charge in [0.25, 0.3) is 0 Å². The summed E-state index contributed by atoms with van der Waals surface area (Å²) in [6, 6.07) is 0. The number of carbonyl (C=O) groups excluding carboxylic acids is 1.